The van der Waals surface area contributed by atoms with Gasteiger partial charge in [-0.05, 0) is 61.1 Å². The van der Waals surface area contributed by atoms with Crippen molar-refractivity contribution in [2.24, 2.45) is 7.05 Å². The Kier molecular flexibility index (Phi) is 5.34. The number of rotatable bonds is 7. The van der Waals surface area contributed by atoms with Gasteiger partial charge in [-0.2, -0.15) is 5.10 Å². The molecule has 1 aliphatic rings. The zero-order chi connectivity index (χ0) is 21.3. The van der Waals surface area contributed by atoms with Crippen LogP contribution in [0, 0.1) is 6.92 Å². The molecule has 0 radical (unpaired) electrons. The van der Waals surface area contributed by atoms with Crippen molar-refractivity contribution in [2.45, 2.75) is 37.1 Å². The van der Waals surface area contributed by atoms with Crippen LogP contribution in [-0.2, 0) is 23.6 Å². The van der Waals surface area contributed by atoms with Gasteiger partial charge in [0.2, 0.25) is 0 Å². The molecule has 1 heterocycles. The fourth-order valence-electron chi connectivity index (χ4n) is 3.26. The van der Waals surface area contributed by atoms with E-state index in [0.717, 1.165) is 11.1 Å². The van der Waals surface area contributed by atoms with Crippen LogP contribution in [0.1, 0.15) is 45.8 Å². The average molecular weight is 425 g/mol. The standard InChI is InChI=1S/C22H24N4O3S/c1-15-3-4-19(22(27)23-12-16-13-24-26(2)14-16)11-21(15)25-30(28,29)20-9-7-18(8-10-20)17-5-6-17/h3-4,7-11,13-14,17,25H,5-6,12H2,1-2H3,(H,23,27). The first-order valence-corrected chi connectivity index (χ1v) is 11.3. The van der Waals surface area contributed by atoms with E-state index in [9.17, 15) is 13.2 Å². The second-order valence-electron chi connectivity index (χ2n) is 7.68. The number of aryl methyl sites for hydroxylation is 2. The lowest BCUT2D eigenvalue weighted by atomic mass is 10.1. The Morgan fingerprint density at radius 2 is 1.90 bits per heavy atom. The van der Waals surface area contributed by atoms with Crippen molar-refractivity contribution in [3.63, 3.8) is 0 Å². The first-order valence-electron chi connectivity index (χ1n) is 9.81. The SMILES string of the molecule is Cc1ccc(C(=O)NCc2cnn(C)c2)cc1NS(=O)(=O)c1ccc(C2CC2)cc1. The van der Waals surface area contributed by atoms with Gasteiger partial charge in [0.05, 0.1) is 16.8 Å². The molecule has 30 heavy (non-hydrogen) atoms. The summed E-state index contributed by atoms with van der Waals surface area (Å²) in [5.41, 5.74) is 3.56. The van der Waals surface area contributed by atoms with E-state index in [1.165, 1.54) is 18.4 Å². The van der Waals surface area contributed by atoms with E-state index < -0.39 is 10.0 Å². The molecule has 1 aliphatic carbocycles. The van der Waals surface area contributed by atoms with Gasteiger partial charge >= 0.3 is 0 Å². The lowest BCUT2D eigenvalue weighted by Gasteiger charge is -2.13. The van der Waals surface area contributed by atoms with Gasteiger partial charge in [0.15, 0.2) is 0 Å². The Balaban J connectivity index is 1.48. The Bertz CT molecular complexity index is 1180. The highest BCUT2D eigenvalue weighted by Gasteiger charge is 2.24. The van der Waals surface area contributed by atoms with Gasteiger partial charge in [0, 0.05) is 30.9 Å². The second kappa shape index (κ2) is 7.95. The van der Waals surface area contributed by atoms with E-state index in [1.807, 2.05) is 25.4 Å². The lowest BCUT2D eigenvalue weighted by Crippen LogP contribution is -2.23. The molecule has 1 amide bonds. The summed E-state index contributed by atoms with van der Waals surface area (Å²) in [4.78, 5) is 12.7. The molecule has 8 heteroatoms. The maximum Gasteiger partial charge on any atom is 0.261 e. The summed E-state index contributed by atoms with van der Waals surface area (Å²) in [5.74, 6) is 0.284. The minimum Gasteiger partial charge on any atom is -0.348 e. The lowest BCUT2D eigenvalue weighted by molar-refractivity contribution is 0.0951. The number of amides is 1. The quantitative estimate of drug-likeness (QED) is 0.608. The summed E-state index contributed by atoms with van der Waals surface area (Å²) in [7, 11) is -1.94. The molecular formula is C22H24N4O3S. The van der Waals surface area contributed by atoms with Crippen molar-refractivity contribution < 1.29 is 13.2 Å². The molecule has 1 aromatic heterocycles. The zero-order valence-corrected chi connectivity index (χ0v) is 17.7. The van der Waals surface area contributed by atoms with Gasteiger partial charge in [-0.25, -0.2) is 8.42 Å². The van der Waals surface area contributed by atoms with E-state index >= 15 is 0 Å². The van der Waals surface area contributed by atoms with Crippen LogP contribution in [0.25, 0.3) is 0 Å². The fourth-order valence-corrected chi connectivity index (χ4v) is 4.38. The number of aromatic nitrogens is 2. The minimum absolute atomic E-state index is 0.206. The van der Waals surface area contributed by atoms with Gasteiger partial charge in [-0.1, -0.05) is 18.2 Å². The van der Waals surface area contributed by atoms with E-state index in [2.05, 4.69) is 15.1 Å². The zero-order valence-electron chi connectivity index (χ0n) is 16.9. The second-order valence-corrected chi connectivity index (χ2v) is 9.37. The maximum atomic E-state index is 12.8. The summed E-state index contributed by atoms with van der Waals surface area (Å²) in [6.07, 6.45) is 5.84. The summed E-state index contributed by atoms with van der Waals surface area (Å²) >= 11 is 0. The number of sulfonamides is 1. The first-order chi connectivity index (χ1) is 14.3. The molecule has 1 fully saturated rings. The van der Waals surface area contributed by atoms with Crippen LogP contribution in [0.5, 0.6) is 0 Å². The largest absolute Gasteiger partial charge is 0.348 e. The molecule has 0 spiro atoms. The molecule has 0 atom stereocenters. The van der Waals surface area contributed by atoms with E-state index in [-0.39, 0.29) is 10.8 Å². The van der Waals surface area contributed by atoms with Crippen LogP contribution in [0.3, 0.4) is 0 Å². The van der Waals surface area contributed by atoms with Gasteiger partial charge < -0.3 is 5.32 Å². The Hall–Kier alpha value is -3.13. The third kappa shape index (κ3) is 4.54. The Labute approximate surface area is 176 Å². The van der Waals surface area contributed by atoms with E-state index in [1.54, 1.807) is 48.1 Å². The molecule has 0 bridgehead atoms. The molecule has 3 aromatic rings. The Morgan fingerprint density at radius 3 is 2.53 bits per heavy atom. The molecule has 0 aliphatic heterocycles. The third-order valence-corrected chi connectivity index (χ3v) is 6.58. The third-order valence-electron chi connectivity index (χ3n) is 5.19. The molecule has 7 nitrogen and oxygen atoms in total. The molecule has 0 saturated heterocycles. The van der Waals surface area contributed by atoms with Crippen LogP contribution in [-0.4, -0.2) is 24.1 Å². The van der Waals surface area contributed by atoms with Gasteiger partial charge in [0.25, 0.3) is 15.9 Å². The summed E-state index contributed by atoms with van der Waals surface area (Å²) in [5, 5.41) is 6.89. The number of anilines is 1. The van der Waals surface area contributed by atoms with Gasteiger partial charge in [-0.3, -0.25) is 14.2 Å². The number of hydrogen-bond donors (Lipinski definition) is 2. The molecule has 156 valence electrons. The van der Waals surface area contributed by atoms with E-state index in [4.69, 9.17) is 0 Å². The molecule has 2 N–H and O–H groups in total. The van der Waals surface area contributed by atoms with Crippen molar-refractivity contribution in [3.05, 3.63) is 77.1 Å². The van der Waals surface area contributed by atoms with E-state index in [0.29, 0.717) is 23.7 Å². The number of carbonyl (C=O) groups excluding carboxylic acids is 1. The summed E-state index contributed by atoms with van der Waals surface area (Å²) in [6.45, 7) is 2.14. The molecule has 0 unspecified atom stereocenters. The van der Waals surface area contributed by atoms with Gasteiger partial charge in [-0.15, -0.1) is 0 Å². The van der Waals surface area contributed by atoms with Crippen LogP contribution in [0.4, 0.5) is 5.69 Å². The monoisotopic (exact) mass is 424 g/mol. The molecule has 2 aromatic carbocycles. The van der Waals surface area contributed by atoms with Gasteiger partial charge in [0.1, 0.15) is 0 Å². The fraction of sp³-hybridized carbons (Fsp3) is 0.273. The molecule has 1 saturated carbocycles. The minimum atomic E-state index is -3.75. The van der Waals surface area contributed by atoms with Crippen molar-refractivity contribution in [1.82, 2.24) is 15.1 Å². The van der Waals surface area contributed by atoms with Crippen LogP contribution < -0.4 is 10.0 Å². The molecule has 4 rings (SSSR count). The molecular weight excluding hydrogens is 400 g/mol. The summed E-state index contributed by atoms with van der Waals surface area (Å²) in [6, 6.07) is 12.0. The summed E-state index contributed by atoms with van der Waals surface area (Å²) < 4.78 is 29.9. The smallest absolute Gasteiger partial charge is 0.261 e. The highest BCUT2D eigenvalue weighted by Crippen LogP contribution is 2.40. The van der Waals surface area contributed by atoms with Crippen LogP contribution in [0.15, 0.2) is 59.8 Å². The van der Waals surface area contributed by atoms with Crippen molar-refractivity contribution in [3.8, 4) is 0 Å². The van der Waals surface area contributed by atoms with Crippen LogP contribution >= 0.6 is 0 Å². The average Bonchev–Trinajstić information content (AvgIpc) is 3.49. The predicted molar refractivity (Wildman–Crippen MR) is 115 cm³/mol. The number of benzene rings is 2. The van der Waals surface area contributed by atoms with Crippen molar-refractivity contribution in [1.29, 1.82) is 0 Å². The number of nitrogens with zero attached hydrogens (tertiary/aromatic N) is 2. The number of carbonyl (C=O) groups is 1. The predicted octanol–water partition coefficient (Wildman–Crippen LogP) is 3.34. The van der Waals surface area contributed by atoms with Crippen molar-refractivity contribution >= 4 is 21.6 Å². The number of nitrogens with one attached hydrogen (secondary N) is 2. The topological polar surface area (TPSA) is 93.1 Å². The highest BCUT2D eigenvalue weighted by molar-refractivity contribution is 7.92. The normalized spacial score (nSPS) is 13.8. The number of hydrogen-bond acceptors (Lipinski definition) is 4. The maximum absolute atomic E-state index is 12.8. The van der Waals surface area contributed by atoms with Crippen molar-refractivity contribution in [2.75, 3.05) is 4.72 Å². The first kappa shape index (κ1) is 20.2. The highest BCUT2D eigenvalue weighted by atomic mass is 32.2. The van der Waals surface area contributed by atoms with Crippen LogP contribution in [0.2, 0.25) is 0 Å². The Morgan fingerprint density at radius 1 is 1.17 bits per heavy atom.